The lowest BCUT2D eigenvalue weighted by Gasteiger charge is -2.36. The number of Topliss-reactive ketones (excluding diaryl/α,β-unsaturated/α-hetero) is 1. The van der Waals surface area contributed by atoms with Crippen molar-refractivity contribution in [3.05, 3.63) is 64.6 Å². The fourth-order valence-corrected chi connectivity index (χ4v) is 3.62. The predicted octanol–water partition coefficient (Wildman–Crippen LogP) is 4.97. The molecule has 1 aliphatic carbocycles. The molecule has 2 aromatic carbocycles. The summed E-state index contributed by atoms with van der Waals surface area (Å²) in [5.74, 6) is 0.406. The van der Waals surface area contributed by atoms with Gasteiger partial charge in [0, 0.05) is 29.9 Å². The minimum Gasteiger partial charge on any atom is -0.363 e. The molecule has 1 saturated carbocycles. The van der Waals surface area contributed by atoms with Crippen molar-refractivity contribution in [2.45, 2.75) is 38.3 Å². The standard InChI is InChI=1S/C19H20BrNO/c20-18-8-4-5-9-19(18)21(14-15-6-2-1-3-7-15)16-10-12-17(22)13-11-16/h1-9,16H,10-14H2. The molecule has 0 N–H and O–H groups in total. The van der Waals surface area contributed by atoms with Gasteiger partial charge in [-0.15, -0.1) is 0 Å². The Hall–Kier alpha value is -1.61. The maximum Gasteiger partial charge on any atom is 0.133 e. The van der Waals surface area contributed by atoms with Gasteiger partial charge in [-0.05, 0) is 46.5 Å². The summed E-state index contributed by atoms with van der Waals surface area (Å²) in [6.45, 7) is 0.877. The number of para-hydroxylation sites is 1. The SMILES string of the molecule is O=C1CCC(N(Cc2ccccc2)c2ccccc2Br)CC1. The normalized spacial score (nSPS) is 15.8. The summed E-state index contributed by atoms with van der Waals surface area (Å²) < 4.78 is 1.11. The van der Waals surface area contributed by atoms with Crippen LogP contribution in [0.2, 0.25) is 0 Å². The van der Waals surface area contributed by atoms with Gasteiger partial charge in [0.05, 0.1) is 5.69 Å². The first-order valence-corrected chi connectivity index (χ1v) is 8.60. The minimum absolute atomic E-state index is 0.406. The largest absolute Gasteiger partial charge is 0.363 e. The molecule has 2 nitrogen and oxygen atoms in total. The van der Waals surface area contributed by atoms with Gasteiger partial charge < -0.3 is 4.90 Å². The second-order valence-electron chi connectivity index (χ2n) is 5.83. The molecule has 1 aliphatic rings. The van der Waals surface area contributed by atoms with Crippen LogP contribution < -0.4 is 4.90 Å². The van der Waals surface area contributed by atoms with E-state index in [1.165, 1.54) is 11.3 Å². The van der Waals surface area contributed by atoms with Gasteiger partial charge in [0.15, 0.2) is 0 Å². The van der Waals surface area contributed by atoms with Gasteiger partial charge in [0.25, 0.3) is 0 Å². The van der Waals surface area contributed by atoms with E-state index in [0.29, 0.717) is 24.7 Å². The molecule has 2 aromatic rings. The Morgan fingerprint density at radius 1 is 0.955 bits per heavy atom. The molecule has 0 aromatic heterocycles. The fraction of sp³-hybridized carbons (Fsp3) is 0.316. The number of hydrogen-bond donors (Lipinski definition) is 0. The summed E-state index contributed by atoms with van der Waals surface area (Å²) in [6, 6.07) is 19.3. The Morgan fingerprint density at radius 2 is 1.59 bits per heavy atom. The van der Waals surface area contributed by atoms with Crippen LogP contribution in [-0.4, -0.2) is 11.8 Å². The van der Waals surface area contributed by atoms with Gasteiger partial charge in [0.1, 0.15) is 5.78 Å². The molecule has 0 bridgehead atoms. The summed E-state index contributed by atoms with van der Waals surface area (Å²) in [5, 5.41) is 0. The Kier molecular flexibility index (Phi) is 4.94. The Morgan fingerprint density at radius 3 is 2.27 bits per heavy atom. The number of carbonyl (C=O) groups excluding carboxylic acids is 1. The lowest BCUT2D eigenvalue weighted by molar-refractivity contribution is -0.120. The van der Waals surface area contributed by atoms with E-state index in [2.05, 4.69) is 63.3 Å². The predicted molar refractivity (Wildman–Crippen MR) is 94.0 cm³/mol. The highest BCUT2D eigenvalue weighted by molar-refractivity contribution is 9.10. The van der Waals surface area contributed by atoms with Gasteiger partial charge >= 0.3 is 0 Å². The van der Waals surface area contributed by atoms with Gasteiger partial charge in [-0.3, -0.25) is 4.79 Å². The first kappa shape index (κ1) is 15.3. The highest BCUT2D eigenvalue weighted by Gasteiger charge is 2.25. The molecule has 0 unspecified atom stereocenters. The third kappa shape index (κ3) is 3.58. The van der Waals surface area contributed by atoms with Crippen molar-refractivity contribution in [1.29, 1.82) is 0 Å². The summed E-state index contributed by atoms with van der Waals surface area (Å²) in [6.07, 6.45) is 3.32. The third-order valence-electron chi connectivity index (χ3n) is 4.31. The van der Waals surface area contributed by atoms with Crippen LogP contribution in [0.3, 0.4) is 0 Å². The number of halogens is 1. The monoisotopic (exact) mass is 357 g/mol. The molecular weight excluding hydrogens is 338 g/mol. The van der Waals surface area contributed by atoms with Crippen molar-refractivity contribution in [3.8, 4) is 0 Å². The van der Waals surface area contributed by atoms with Crippen molar-refractivity contribution in [1.82, 2.24) is 0 Å². The molecule has 1 fully saturated rings. The molecule has 0 radical (unpaired) electrons. The fourth-order valence-electron chi connectivity index (χ4n) is 3.11. The van der Waals surface area contributed by atoms with E-state index < -0.39 is 0 Å². The number of carbonyl (C=O) groups is 1. The summed E-state index contributed by atoms with van der Waals surface area (Å²) in [4.78, 5) is 14.0. The van der Waals surface area contributed by atoms with Crippen molar-refractivity contribution in [2.75, 3.05) is 4.90 Å². The second-order valence-corrected chi connectivity index (χ2v) is 6.69. The molecule has 22 heavy (non-hydrogen) atoms. The number of nitrogens with zero attached hydrogens (tertiary/aromatic N) is 1. The van der Waals surface area contributed by atoms with E-state index in [1.54, 1.807) is 0 Å². The van der Waals surface area contributed by atoms with E-state index in [-0.39, 0.29) is 0 Å². The first-order valence-electron chi connectivity index (χ1n) is 7.81. The summed E-state index contributed by atoms with van der Waals surface area (Å²) in [5.41, 5.74) is 2.51. The zero-order valence-electron chi connectivity index (χ0n) is 12.5. The van der Waals surface area contributed by atoms with Crippen LogP contribution >= 0.6 is 15.9 Å². The molecule has 114 valence electrons. The third-order valence-corrected chi connectivity index (χ3v) is 4.98. The van der Waals surface area contributed by atoms with E-state index in [4.69, 9.17) is 0 Å². The Balaban J connectivity index is 1.88. The molecule has 0 atom stereocenters. The smallest absolute Gasteiger partial charge is 0.133 e. The zero-order valence-corrected chi connectivity index (χ0v) is 14.1. The quantitative estimate of drug-likeness (QED) is 0.769. The van der Waals surface area contributed by atoms with Crippen LogP contribution in [0.4, 0.5) is 5.69 Å². The summed E-state index contributed by atoms with van der Waals surface area (Å²) in [7, 11) is 0. The number of benzene rings is 2. The van der Waals surface area contributed by atoms with E-state index in [0.717, 1.165) is 23.9 Å². The number of ketones is 1. The van der Waals surface area contributed by atoms with Crippen molar-refractivity contribution >= 4 is 27.4 Å². The lowest BCUT2D eigenvalue weighted by Crippen LogP contribution is -2.38. The average molecular weight is 358 g/mol. The van der Waals surface area contributed by atoms with E-state index >= 15 is 0 Å². The lowest BCUT2D eigenvalue weighted by atomic mass is 9.92. The second kappa shape index (κ2) is 7.10. The highest BCUT2D eigenvalue weighted by Crippen LogP contribution is 2.32. The van der Waals surface area contributed by atoms with Crippen LogP contribution in [0.15, 0.2) is 59.1 Å². The minimum atomic E-state index is 0.406. The molecule has 0 saturated heterocycles. The van der Waals surface area contributed by atoms with E-state index in [9.17, 15) is 4.79 Å². The van der Waals surface area contributed by atoms with Crippen molar-refractivity contribution < 1.29 is 4.79 Å². The van der Waals surface area contributed by atoms with E-state index in [1.807, 2.05) is 12.1 Å². The van der Waals surface area contributed by atoms with Crippen LogP contribution in [0.5, 0.6) is 0 Å². The number of rotatable bonds is 4. The zero-order chi connectivity index (χ0) is 15.4. The molecule has 0 amide bonds. The Labute approximate surface area is 140 Å². The number of anilines is 1. The molecule has 0 aliphatic heterocycles. The van der Waals surface area contributed by atoms with Gasteiger partial charge in [0.2, 0.25) is 0 Å². The molecule has 0 spiro atoms. The van der Waals surface area contributed by atoms with Gasteiger partial charge in [-0.2, -0.15) is 0 Å². The van der Waals surface area contributed by atoms with Gasteiger partial charge in [-0.25, -0.2) is 0 Å². The van der Waals surface area contributed by atoms with Gasteiger partial charge in [-0.1, -0.05) is 42.5 Å². The molecule has 0 heterocycles. The molecule has 3 rings (SSSR count). The average Bonchev–Trinajstić information content (AvgIpc) is 2.55. The van der Waals surface area contributed by atoms with Crippen molar-refractivity contribution in [2.24, 2.45) is 0 Å². The highest BCUT2D eigenvalue weighted by atomic mass is 79.9. The van der Waals surface area contributed by atoms with Crippen LogP contribution in [0, 0.1) is 0 Å². The Bertz CT molecular complexity index is 631. The maximum absolute atomic E-state index is 11.6. The van der Waals surface area contributed by atoms with Crippen LogP contribution in [-0.2, 0) is 11.3 Å². The molecule has 3 heteroatoms. The maximum atomic E-state index is 11.6. The summed E-state index contributed by atoms with van der Waals surface area (Å²) >= 11 is 3.68. The van der Waals surface area contributed by atoms with Crippen LogP contribution in [0.25, 0.3) is 0 Å². The topological polar surface area (TPSA) is 20.3 Å². The molecular formula is C19H20BrNO. The van der Waals surface area contributed by atoms with Crippen LogP contribution in [0.1, 0.15) is 31.2 Å². The van der Waals surface area contributed by atoms with Crippen molar-refractivity contribution in [3.63, 3.8) is 0 Å². The number of hydrogen-bond acceptors (Lipinski definition) is 2. The first-order chi connectivity index (χ1) is 10.7.